The van der Waals surface area contributed by atoms with Crippen molar-refractivity contribution in [2.45, 2.75) is 44.6 Å². The average Bonchev–Trinajstić information content (AvgIpc) is 2.49. The fraction of sp³-hybridized carbons (Fsp3) is 0.600. The Hall–Kier alpha value is -1.29. The summed E-state index contributed by atoms with van der Waals surface area (Å²) in [6.45, 7) is 0.816. The zero-order valence-electron chi connectivity index (χ0n) is 11.4. The maximum absolute atomic E-state index is 12.7. The first-order valence-corrected chi connectivity index (χ1v) is 7.74. The normalized spacial score (nSPS) is 26.1. The molecule has 0 spiro atoms. The number of carbonyl (C=O) groups excluding carboxylic acids is 1. The van der Waals surface area contributed by atoms with Crippen molar-refractivity contribution in [1.29, 1.82) is 0 Å². The molecule has 1 aromatic heterocycles. The van der Waals surface area contributed by atoms with Crippen molar-refractivity contribution >= 4 is 17.5 Å². The van der Waals surface area contributed by atoms with Gasteiger partial charge in [-0.3, -0.25) is 9.59 Å². The van der Waals surface area contributed by atoms with Gasteiger partial charge in [0.15, 0.2) is 0 Å². The summed E-state index contributed by atoms with van der Waals surface area (Å²) in [5.74, 6) is 0.652. The van der Waals surface area contributed by atoms with Gasteiger partial charge in [-0.25, -0.2) is 0 Å². The Morgan fingerprint density at radius 2 is 2.00 bits per heavy atom. The third-order valence-corrected chi connectivity index (χ3v) is 4.89. The van der Waals surface area contributed by atoms with Crippen LogP contribution in [0, 0.1) is 5.92 Å². The molecule has 1 saturated heterocycles. The Morgan fingerprint density at radius 1 is 1.25 bits per heavy atom. The van der Waals surface area contributed by atoms with E-state index >= 15 is 0 Å². The molecule has 5 heteroatoms. The number of H-pyrrole nitrogens is 1. The summed E-state index contributed by atoms with van der Waals surface area (Å²) in [6.07, 6.45) is 8.62. The summed E-state index contributed by atoms with van der Waals surface area (Å²) in [5, 5.41) is 0.0769. The highest BCUT2D eigenvalue weighted by atomic mass is 35.5. The van der Waals surface area contributed by atoms with Crippen molar-refractivity contribution in [2.75, 3.05) is 6.54 Å². The van der Waals surface area contributed by atoms with Gasteiger partial charge in [-0.05, 0) is 37.7 Å². The van der Waals surface area contributed by atoms with Crippen LogP contribution in [-0.4, -0.2) is 28.4 Å². The summed E-state index contributed by atoms with van der Waals surface area (Å²) in [6, 6.07) is 1.85. The van der Waals surface area contributed by atoms with E-state index in [1.165, 1.54) is 37.9 Å². The molecule has 1 aromatic rings. The van der Waals surface area contributed by atoms with E-state index in [1.807, 2.05) is 4.90 Å². The standard InChI is InChI=1S/C15H19ClN2O2/c16-12-8-11(9-17-14(12)19)15(20)18-7-3-5-10-4-1-2-6-13(10)18/h8-10,13H,1-7H2,(H,17,19)/t10-,13+/m1/s1. The molecule has 1 N–H and O–H groups in total. The van der Waals surface area contributed by atoms with Crippen molar-refractivity contribution in [3.8, 4) is 0 Å². The summed E-state index contributed by atoms with van der Waals surface area (Å²) in [4.78, 5) is 28.5. The first-order chi connectivity index (χ1) is 9.66. The molecule has 2 fully saturated rings. The Labute approximate surface area is 123 Å². The number of aromatic nitrogens is 1. The molecule has 0 radical (unpaired) electrons. The molecule has 1 aliphatic carbocycles. The second kappa shape index (κ2) is 5.60. The monoisotopic (exact) mass is 294 g/mol. The lowest BCUT2D eigenvalue weighted by Crippen LogP contribution is -2.49. The highest BCUT2D eigenvalue weighted by Crippen LogP contribution is 2.35. The van der Waals surface area contributed by atoms with Gasteiger partial charge >= 0.3 is 0 Å². The van der Waals surface area contributed by atoms with E-state index in [-0.39, 0.29) is 16.5 Å². The minimum absolute atomic E-state index is 0.000231. The fourth-order valence-corrected chi connectivity index (χ4v) is 3.79. The van der Waals surface area contributed by atoms with Crippen LogP contribution >= 0.6 is 11.6 Å². The lowest BCUT2D eigenvalue weighted by molar-refractivity contribution is 0.0390. The number of halogens is 1. The van der Waals surface area contributed by atoms with E-state index in [1.54, 1.807) is 0 Å². The van der Waals surface area contributed by atoms with Crippen LogP contribution in [0.2, 0.25) is 5.02 Å². The van der Waals surface area contributed by atoms with Gasteiger partial charge in [-0.2, -0.15) is 0 Å². The molecule has 0 aromatic carbocycles. The lowest BCUT2D eigenvalue weighted by atomic mass is 9.78. The van der Waals surface area contributed by atoms with E-state index in [0.29, 0.717) is 17.5 Å². The number of amides is 1. The van der Waals surface area contributed by atoms with Gasteiger partial charge in [0.1, 0.15) is 5.02 Å². The second-order valence-electron chi connectivity index (χ2n) is 5.82. The fourth-order valence-electron chi connectivity index (χ4n) is 3.62. The summed E-state index contributed by atoms with van der Waals surface area (Å²) < 4.78 is 0. The average molecular weight is 295 g/mol. The first kappa shape index (κ1) is 13.7. The minimum atomic E-state index is -0.350. The second-order valence-corrected chi connectivity index (χ2v) is 6.23. The van der Waals surface area contributed by atoms with E-state index in [4.69, 9.17) is 11.6 Å². The van der Waals surface area contributed by atoms with E-state index in [0.717, 1.165) is 19.4 Å². The molecule has 2 atom stereocenters. The van der Waals surface area contributed by atoms with Crippen LogP contribution in [0.25, 0.3) is 0 Å². The smallest absolute Gasteiger partial charge is 0.266 e. The predicted molar refractivity (Wildman–Crippen MR) is 78.1 cm³/mol. The number of hydrogen-bond acceptors (Lipinski definition) is 2. The quantitative estimate of drug-likeness (QED) is 0.866. The molecule has 1 amide bonds. The molecular weight excluding hydrogens is 276 g/mol. The van der Waals surface area contributed by atoms with Crippen LogP contribution in [0.3, 0.4) is 0 Å². The van der Waals surface area contributed by atoms with Gasteiger partial charge in [0.05, 0.1) is 5.56 Å². The summed E-state index contributed by atoms with van der Waals surface area (Å²) in [7, 11) is 0. The molecule has 1 saturated carbocycles. The van der Waals surface area contributed by atoms with Gasteiger partial charge in [-0.15, -0.1) is 0 Å². The number of nitrogens with one attached hydrogen (secondary N) is 1. The Morgan fingerprint density at radius 3 is 2.80 bits per heavy atom. The van der Waals surface area contributed by atoms with Crippen LogP contribution in [-0.2, 0) is 0 Å². The first-order valence-electron chi connectivity index (χ1n) is 7.36. The molecule has 20 heavy (non-hydrogen) atoms. The third kappa shape index (κ3) is 2.49. The van der Waals surface area contributed by atoms with Crippen LogP contribution in [0.1, 0.15) is 48.9 Å². The van der Waals surface area contributed by atoms with Crippen molar-refractivity contribution in [2.24, 2.45) is 5.92 Å². The molecule has 3 rings (SSSR count). The van der Waals surface area contributed by atoms with Crippen LogP contribution < -0.4 is 5.56 Å². The number of likely N-dealkylation sites (tertiary alicyclic amines) is 1. The van der Waals surface area contributed by atoms with Gasteiger partial charge in [-0.1, -0.05) is 24.4 Å². The van der Waals surface area contributed by atoms with Gasteiger partial charge in [0, 0.05) is 18.8 Å². The number of piperidine rings is 1. The predicted octanol–water partition coefficient (Wildman–Crippen LogP) is 2.82. The van der Waals surface area contributed by atoms with Gasteiger partial charge < -0.3 is 9.88 Å². The highest BCUT2D eigenvalue weighted by molar-refractivity contribution is 6.30. The number of nitrogens with zero attached hydrogens (tertiary/aromatic N) is 1. The summed E-state index contributed by atoms with van der Waals surface area (Å²) >= 11 is 5.82. The minimum Gasteiger partial charge on any atom is -0.335 e. The molecule has 0 bridgehead atoms. The third-order valence-electron chi connectivity index (χ3n) is 4.61. The van der Waals surface area contributed by atoms with Crippen LogP contribution in [0.15, 0.2) is 17.1 Å². The number of carbonyl (C=O) groups is 1. The molecule has 2 heterocycles. The Kier molecular flexibility index (Phi) is 3.83. The molecule has 0 unspecified atom stereocenters. The van der Waals surface area contributed by atoms with Crippen LogP contribution in [0.4, 0.5) is 0 Å². The van der Waals surface area contributed by atoms with Crippen molar-refractivity contribution < 1.29 is 4.79 Å². The van der Waals surface area contributed by atoms with Crippen molar-refractivity contribution in [3.05, 3.63) is 33.2 Å². The van der Waals surface area contributed by atoms with Crippen molar-refractivity contribution in [3.63, 3.8) is 0 Å². The van der Waals surface area contributed by atoms with E-state index < -0.39 is 0 Å². The number of hydrogen-bond donors (Lipinski definition) is 1. The zero-order chi connectivity index (χ0) is 14.1. The molecule has 1 aliphatic heterocycles. The molecular formula is C15H19ClN2O2. The molecule has 4 nitrogen and oxygen atoms in total. The number of aromatic amines is 1. The van der Waals surface area contributed by atoms with Crippen LogP contribution in [0.5, 0.6) is 0 Å². The zero-order valence-corrected chi connectivity index (χ0v) is 12.2. The number of pyridine rings is 1. The Balaban J connectivity index is 1.84. The number of fused-ring (bicyclic) bond motifs is 1. The van der Waals surface area contributed by atoms with Crippen molar-refractivity contribution in [1.82, 2.24) is 9.88 Å². The van der Waals surface area contributed by atoms with E-state index in [9.17, 15) is 9.59 Å². The lowest BCUT2D eigenvalue weighted by Gasteiger charge is -2.44. The van der Waals surface area contributed by atoms with Gasteiger partial charge in [0.2, 0.25) is 0 Å². The largest absolute Gasteiger partial charge is 0.335 e. The Bertz CT molecular complexity index is 567. The van der Waals surface area contributed by atoms with E-state index in [2.05, 4.69) is 4.98 Å². The molecule has 2 aliphatic rings. The maximum atomic E-state index is 12.7. The number of rotatable bonds is 1. The maximum Gasteiger partial charge on any atom is 0.266 e. The van der Waals surface area contributed by atoms with Gasteiger partial charge in [0.25, 0.3) is 11.5 Å². The topological polar surface area (TPSA) is 53.2 Å². The molecule has 108 valence electrons. The summed E-state index contributed by atoms with van der Waals surface area (Å²) in [5.41, 5.74) is 0.137. The highest BCUT2D eigenvalue weighted by Gasteiger charge is 2.36. The SMILES string of the molecule is O=C(c1c[nH]c(=O)c(Cl)c1)N1CCC[C@H]2CCCC[C@@H]21.